The quantitative estimate of drug-likeness (QED) is 0.342. The van der Waals surface area contributed by atoms with Crippen molar-refractivity contribution in [3.63, 3.8) is 0 Å². The van der Waals surface area contributed by atoms with E-state index in [1.807, 2.05) is 30.3 Å². The van der Waals surface area contributed by atoms with Crippen molar-refractivity contribution >= 4 is 28.3 Å². The molecule has 1 fully saturated rings. The van der Waals surface area contributed by atoms with Gasteiger partial charge in [0.25, 0.3) is 0 Å². The number of carbonyl (C=O) groups is 2. The van der Waals surface area contributed by atoms with E-state index < -0.39 is 5.92 Å². The van der Waals surface area contributed by atoms with Crippen LogP contribution in [0.15, 0.2) is 84.9 Å². The van der Waals surface area contributed by atoms with Crippen LogP contribution in [0.2, 0.25) is 0 Å². The van der Waals surface area contributed by atoms with Gasteiger partial charge in [-0.1, -0.05) is 42.5 Å². The van der Waals surface area contributed by atoms with Crippen LogP contribution < -0.4 is 20.1 Å². The molecule has 8 heteroatoms. The van der Waals surface area contributed by atoms with E-state index in [-0.39, 0.29) is 30.3 Å². The van der Waals surface area contributed by atoms with Crippen LogP contribution in [0.4, 0.5) is 10.1 Å². The lowest BCUT2D eigenvalue weighted by atomic mass is 9.87. The van der Waals surface area contributed by atoms with Crippen molar-refractivity contribution < 1.29 is 23.5 Å². The number of anilines is 1. The summed E-state index contributed by atoms with van der Waals surface area (Å²) in [6, 6.07) is 25.9. The maximum atomic E-state index is 13.4. The number of hydrogen-bond acceptors (Lipinski definition) is 5. The summed E-state index contributed by atoms with van der Waals surface area (Å²) in [5, 5.41) is 8.27. The molecule has 7 nitrogen and oxygen atoms in total. The second-order valence-corrected chi connectivity index (χ2v) is 10.4. The second kappa shape index (κ2) is 11.4. The van der Waals surface area contributed by atoms with Crippen LogP contribution in [0.1, 0.15) is 17.5 Å². The molecular weight excluding hydrogens is 509 g/mol. The Morgan fingerprint density at radius 1 is 0.800 bits per heavy atom. The molecule has 2 amide bonds. The summed E-state index contributed by atoms with van der Waals surface area (Å²) < 4.78 is 24.2. The van der Waals surface area contributed by atoms with Crippen LogP contribution in [0.3, 0.4) is 0 Å². The number of fused-ring (bicyclic) bond motifs is 2. The van der Waals surface area contributed by atoms with Crippen molar-refractivity contribution in [1.29, 1.82) is 0 Å². The van der Waals surface area contributed by atoms with Crippen LogP contribution in [-0.4, -0.2) is 36.6 Å². The van der Waals surface area contributed by atoms with Gasteiger partial charge in [-0.15, -0.1) is 0 Å². The second-order valence-electron chi connectivity index (χ2n) is 10.4. The number of hydrogen-bond donors (Lipinski definition) is 2. The zero-order valence-corrected chi connectivity index (χ0v) is 21.9. The molecule has 0 spiro atoms. The van der Waals surface area contributed by atoms with Gasteiger partial charge in [0.1, 0.15) is 5.82 Å². The Bertz CT molecular complexity index is 1540. The maximum Gasteiger partial charge on any atom is 0.231 e. The van der Waals surface area contributed by atoms with E-state index in [0.29, 0.717) is 49.8 Å². The molecule has 0 radical (unpaired) electrons. The Balaban J connectivity index is 1.17. The number of piperidine rings is 1. The number of benzene rings is 4. The first kappa shape index (κ1) is 25.8. The monoisotopic (exact) mass is 539 g/mol. The lowest BCUT2D eigenvalue weighted by Gasteiger charge is -2.36. The van der Waals surface area contributed by atoms with Crippen molar-refractivity contribution in [2.75, 3.05) is 25.2 Å². The molecule has 0 saturated carbocycles. The van der Waals surface area contributed by atoms with Gasteiger partial charge in [0.2, 0.25) is 18.6 Å². The SMILES string of the molecule is O=C(NCc1ccc2c(c1)OCO2)[C@H]1C[C@@H](C(=O)Nc2ccc(F)cc2)CN(Cc2ccc3ccccc3c2)C1. The first-order valence-electron chi connectivity index (χ1n) is 13.4. The molecule has 0 aliphatic carbocycles. The van der Waals surface area contributed by atoms with Crippen LogP contribution in [-0.2, 0) is 22.7 Å². The summed E-state index contributed by atoms with van der Waals surface area (Å²) in [5.41, 5.74) is 2.56. The van der Waals surface area contributed by atoms with Crippen LogP contribution >= 0.6 is 0 Å². The Hall–Kier alpha value is -4.43. The van der Waals surface area contributed by atoms with Gasteiger partial charge in [-0.2, -0.15) is 0 Å². The van der Waals surface area contributed by atoms with Crippen LogP contribution in [0.5, 0.6) is 11.5 Å². The summed E-state index contributed by atoms with van der Waals surface area (Å²) >= 11 is 0. The van der Waals surface area contributed by atoms with E-state index in [0.717, 1.165) is 16.5 Å². The third-order valence-corrected chi connectivity index (χ3v) is 7.50. The molecule has 2 atom stereocenters. The Morgan fingerprint density at radius 3 is 2.35 bits per heavy atom. The zero-order chi connectivity index (χ0) is 27.5. The number of carbonyl (C=O) groups excluding carboxylic acids is 2. The minimum absolute atomic E-state index is 0.0968. The van der Waals surface area contributed by atoms with E-state index in [1.54, 1.807) is 12.1 Å². The molecule has 0 bridgehead atoms. The van der Waals surface area contributed by atoms with Crippen LogP contribution in [0, 0.1) is 17.7 Å². The Kier molecular flexibility index (Phi) is 7.33. The number of likely N-dealkylation sites (tertiary alicyclic amines) is 1. The largest absolute Gasteiger partial charge is 0.454 e. The third-order valence-electron chi connectivity index (χ3n) is 7.50. The lowest BCUT2D eigenvalue weighted by Crippen LogP contribution is -2.48. The highest BCUT2D eigenvalue weighted by atomic mass is 19.1. The average Bonchev–Trinajstić information content (AvgIpc) is 3.45. The topological polar surface area (TPSA) is 79.9 Å². The first-order valence-corrected chi connectivity index (χ1v) is 13.4. The summed E-state index contributed by atoms with van der Waals surface area (Å²) in [7, 11) is 0. The number of amides is 2. The molecule has 2 aliphatic heterocycles. The minimum atomic E-state index is -0.402. The van der Waals surface area contributed by atoms with Gasteiger partial charge in [0.15, 0.2) is 11.5 Å². The molecule has 1 saturated heterocycles. The molecule has 40 heavy (non-hydrogen) atoms. The number of nitrogens with zero attached hydrogens (tertiary/aromatic N) is 1. The molecule has 2 N–H and O–H groups in total. The third kappa shape index (κ3) is 5.92. The maximum absolute atomic E-state index is 13.4. The number of nitrogens with one attached hydrogen (secondary N) is 2. The number of rotatable bonds is 7. The molecule has 0 unspecified atom stereocenters. The summed E-state index contributed by atoms with van der Waals surface area (Å²) in [4.78, 5) is 28.8. The highest BCUT2D eigenvalue weighted by Crippen LogP contribution is 2.32. The number of halogens is 1. The first-order chi connectivity index (χ1) is 19.5. The predicted octanol–water partition coefficient (Wildman–Crippen LogP) is 5.10. The number of ether oxygens (including phenoxy) is 2. The van der Waals surface area contributed by atoms with Crippen molar-refractivity contribution in [3.05, 3.63) is 102 Å². The molecule has 204 valence electrons. The summed E-state index contributed by atoms with van der Waals surface area (Å²) in [6.07, 6.45) is 0.425. The Labute approximate surface area is 231 Å². The van der Waals surface area contributed by atoms with Crippen molar-refractivity contribution in [2.45, 2.75) is 19.5 Å². The van der Waals surface area contributed by atoms with Crippen molar-refractivity contribution in [1.82, 2.24) is 10.2 Å². The molecule has 2 heterocycles. The lowest BCUT2D eigenvalue weighted by molar-refractivity contribution is -0.130. The Morgan fingerprint density at radius 2 is 1.52 bits per heavy atom. The standard InChI is InChI=1S/C32H30FN3O4/c33-27-8-10-28(11-9-27)35-32(38)26-15-25(31(37)34-16-21-6-12-29-30(14-21)40-20-39-29)18-36(19-26)17-22-5-7-23-3-1-2-4-24(23)13-22/h1-14,25-26H,15-20H2,(H,34,37)(H,35,38)/t25-,26+/m0/s1. The van der Waals surface area contributed by atoms with Crippen molar-refractivity contribution in [2.24, 2.45) is 11.8 Å². The molecular formula is C32H30FN3O4. The minimum Gasteiger partial charge on any atom is -0.454 e. The predicted molar refractivity (Wildman–Crippen MR) is 150 cm³/mol. The van der Waals surface area contributed by atoms with Crippen molar-refractivity contribution in [3.8, 4) is 11.5 Å². The highest BCUT2D eigenvalue weighted by Gasteiger charge is 2.35. The van der Waals surface area contributed by atoms with Gasteiger partial charge in [0, 0.05) is 31.9 Å². The van der Waals surface area contributed by atoms with Gasteiger partial charge in [-0.3, -0.25) is 14.5 Å². The summed E-state index contributed by atoms with van der Waals surface area (Å²) in [5.74, 6) is -0.0433. The normalized spacial score (nSPS) is 18.4. The fraction of sp³-hybridized carbons (Fsp3) is 0.250. The van der Waals surface area contributed by atoms with E-state index in [4.69, 9.17) is 9.47 Å². The molecule has 0 aromatic heterocycles. The summed E-state index contributed by atoms with van der Waals surface area (Å²) in [6.45, 7) is 2.23. The molecule has 4 aromatic rings. The fourth-order valence-corrected chi connectivity index (χ4v) is 5.46. The van der Waals surface area contributed by atoms with E-state index in [9.17, 15) is 14.0 Å². The van der Waals surface area contributed by atoms with Gasteiger partial charge in [-0.05, 0) is 70.8 Å². The van der Waals surface area contributed by atoms with E-state index in [1.165, 1.54) is 17.5 Å². The highest BCUT2D eigenvalue weighted by molar-refractivity contribution is 5.93. The van der Waals surface area contributed by atoms with Gasteiger partial charge < -0.3 is 20.1 Å². The van der Waals surface area contributed by atoms with Gasteiger partial charge in [-0.25, -0.2) is 4.39 Å². The molecule has 6 rings (SSSR count). The fourth-order valence-electron chi connectivity index (χ4n) is 5.46. The molecule has 4 aromatic carbocycles. The van der Waals surface area contributed by atoms with Gasteiger partial charge in [0.05, 0.1) is 11.8 Å². The van der Waals surface area contributed by atoms with E-state index >= 15 is 0 Å². The van der Waals surface area contributed by atoms with Gasteiger partial charge >= 0.3 is 0 Å². The van der Waals surface area contributed by atoms with Crippen LogP contribution in [0.25, 0.3) is 10.8 Å². The zero-order valence-electron chi connectivity index (χ0n) is 21.9. The smallest absolute Gasteiger partial charge is 0.231 e. The van der Waals surface area contributed by atoms with E-state index in [2.05, 4.69) is 45.9 Å². The molecule has 2 aliphatic rings. The average molecular weight is 540 g/mol.